The van der Waals surface area contributed by atoms with E-state index in [2.05, 4.69) is 34.9 Å². The Kier molecular flexibility index (Phi) is 4.13. The molecule has 1 aliphatic heterocycles. The smallest absolute Gasteiger partial charge is 0.332 e. The summed E-state index contributed by atoms with van der Waals surface area (Å²) in [6.07, 6.45) is 4.08. The Balaban J connectivity index is 1.66. The zero-order chi connectivity index (χ0) is 22.0. The molecule has 0 bridgehead atoms. The Morgan fingerprint density at radius 3 is 2.66 bits per heavy atom. The van der Waals surface area contributed by atoms with Gasteiger partial charge in [-0.05, 0) is 29.7 Å². The van der Waals surface area contributed by atoms with Crippen LogP contribution in [0.2, 0.25) is 0 Å². The lowest BCUT2D eigenvalue weighted by atomic mass is 10.1. The molecule has 1 saturated heterocycles. The van der Waals surface area contributed by atoms with Gasteiger partial charge in [0.15, 0.2) is 11.2 Å². The Labute approximate surface area is 182 Å². The Morgan fingerprint density at radius 2 is 1.88 bits per heavy atom. The van der Waals surface area contributed by atoms with Gasteiger partial charge < -0.3 is 9.30 Å². The Bertz CT molecular complexity index is 1630. The van der Waals surface area contributed by atoms with Gasteiger partial charge >= 0.3 is 5.69 Å². The first-order valence-electron chi connectivity index (χ1n) is 10.8. The van der Waals surface area contributed by atoms with Gasteiger partial charge in [0, 0.05) is 32.5 Å². The van der Waals surface area contributed by atoms with Crippen molar-refractivity contribution in [2.24, 2.45) is 14.1 Å². The maximum absolute atomic E-state index is 13.0. The summed E-state index contributed by atoms with van der Waals surface area (Å²) in [5, 5.41) is 2.32. The minimum absolute atomic E-state index is 0.0943. The molecule has 0 unspecified atom stereocenters. The van der Waals surface area contributed by atoms with Crippen molar-refractivity contribution in [1.82, 2.24) is 23.1 Å². The first-order valence-corrected chi connectivity index (χ1v) is 10.8. The number of aryl methyl sites for hydroxylation is 1. The number of nitrogens with zero attached hydrogens (tertiary/aromatic N) is 5. The topological polar surface area (TPSA) is 75.5 Å². The van der Waals surface area contributed by atoms with Crippen molar-refractivity contribution in [1.29, 1.82) is 0 Å². The summed E-state index contributed by atoms with van der Waals surface area (Å²) >= 11 is 0. The van der Waals surface area contributed by atoms with Crippen molar-refractivity contribution in [3.8, 4) is 11.3 Å². The van der Waals surface area contributed by atoms with Gasteiger partial charge in [-0.1, -0.05) is 36.4 Å². The minimum Gasteiger partial charge on any atom is -0.376 e. The highest BCUT2D eigenvalue weighted by atomic mass is 16.5. The monoisotopic (exact) mass is 429 g/mol. The summed E-state index contributed by atoms with van der Waals surface area (Å²) in [7, 11) is 3.14. The average molecular weight is 429 g/mol. The predicted octanol–water partition coefficient (Wildman–Crippen LogP) is 2.69. The summed E-state index contributed by atoms with van der Waals surface area (Å²) in [5.74, 6) is 0.636. The summed E-state index contributed by atoms with van der Waals surface area (Å²) in [6.45, 7) is 1.40. The Morgan fingerprint density at radius 1 is 1.06 bits per heavy atom. The second-order valence-electron chi connectivity index (χ2n) is 8.48. The molecule has 0 aliphatic carbocycles. The third kappa shape index (κ3) is 2.69. The molecular weight excluding hydrogens is 406 g/mol. The van der Waals surface area contributed by atoms with Crippen LogP contribution in [0.1, 0.15) is 12.8 Å². The maximum Gasteiger partial charge on any atom is 0.332 e. The second kappa shape index (κ2) is 6.93. The van der Waals surface area contributed by atoms with Crippen LogP contribution >= 0.6 is 0 Å². The van der Waals surface area contributed by atoms with Crippen LogP contribution in [0.3, 0.4) is 0 Å². The average Bonchev–Trinajstić information content (AvgIpc) is 3.53. The first-order chi connectivity index (χ1) is 15.5. The van der Waals surface area contributed by atoms with E-state index in [0.29, 0.717) is 23.5 Å². The summed E-state index contributed by atoms with van der Waals surface area (Å²) in [6, 6.07) is 14.6. The minimum atomic E-state index is -0.385. The summed E-state index contributed by atoms with van der Waals surface area (Å²) < 4.78 is 12.4. The number of fused-ring (bicyclic) bond motifs is 4. The summed E-state index contributed by atoms with van der Waals surface area (Å²) in [4.78, 5) is 30.2. The fourth-order valence-electron chi connectivity index (χ4n) is 4.77. The number of rotatable bonds is 3. The molecule has 0 N–H and O–H groups in total. The molecule has 8 nitrogen and oxygen atoms in total. The van der Waals surface area contributed by atoms with E-state index in [9.17, 15) is 9.59 Å². The standard InChI is InChI=1S/C24H23N5O3/c1-26-21-20(22(30)27(2)24(26)31)29-14-19(17-10-9-15-6-3-4-7-16(15)12-17)28(23(29)25-21)13-18-8-5-11-32-18/h3-4,6-7,9-10,12,14,18H,5,8,11,13H2,1-2H3/t18-/m0/s1. The van der Waals surface area contributed by atoms with Gasteiger partial charge in [-0.25, -0.2) is 4.79 Å². The number of ether oxygens (including phenoxy) is 1. The molecule has 6 rings (SSSR count). The van der Waals surface area contributed by atoms with Gasteiger partial charge in [-0.15, -0.1) is 0 Å². The van der Waals surface area contributed by atoms with Crippen LogP contribution in [-0.2, 0) is 25.4 Å². The molecule has 3 aromatic heterocycles. The van der Waals surface area contributed by atoms with E-state index in [1.807, 2.05) is 22.7 Å². The molecule has 2 aromatic carbocycles. The van der Waals surface area contributed by atoms with Crippen LogP contribution in [0.4, 0.5) is 0 Å². The lowest BCUT2D eigenvalue weighted by molar-refractivity contribution is 0.0981. The van der Waals surface area contributed by atoms with Crippen LogP contribution in [0.5, 0.6) is 0 Å². The second-order valence-corrected chi connectivity index (χ2v) is 8.48. The number of aromatic nitrogens is 5. The van der Waals surface area contributed by atoms with Gasteiger partial charge in [0.05, 0.1) is 18.3 Å². The third-order valence-corrected chi connectivity index (χ3v) is 6.51. The van der Waals surface area contributed by atoms with Gasteiger partial charge in [0.2, 0.25) is 5.78 Å². The van der Waals surface area contributed by atoms with E-state index < -0.39 is 0 Å². The first kappa shape index (κ1) is 19.1. The van der Waals surface area contributed by atoms with E-state index in [4.69, 9.17) is 9.72 Å². The molecule has 0 saturated carbocycles. The fourth-order valence-corrected chi connectivity index (χ4v) is 4.77. The number of hydrogen-bond donors (Lipinski definition) is 0. The SMILES string of the molecule is Cn1c(=O)c2c(nc3n(C[C@@H]4CCCO4)c(-c4ccc5ccccc5c4)cn23)n(C)c1=O. The molecular formula is C24H23N5O3. The van der Waals surface area contributed by atoms with Gasteiger partial charge in [-0.2, -0.15) is 4.98 Å². The highest BCUT2D eigenvalue weighted by Crippen LogP contribution is 2.29. The molecule has 8 heteroatoms. The van der Waals surface area contributed by atoms with Crippen LogP contribution in [0, 0.1) is 0 Å². The predicted molar refractivity (Wildman–Crippen MR) is 123 cm³/mol. The van der Waals surface area contributed by atoms with E-state index in [-0.39, 0.29) is 17.4 Å². The molecule has 1 atom stereocenters. The molecule has 1 fully saturated rings. The normalized spacial score (nSPS) is 16.6. The quantitative estimate of drug-likeness (QED) is 0.442. The van der Waals surface area contributed by atoms with Crippen molar-refractivity contribution in [2.75, 3.05) is 6.61 Å². The molecule has 0 spiro atoms. The molecule has 1 aliphatic rings. The number of benzene rings is 2. The zero-order valence-electron chi connectivity index (χ0n) is 18.0. The van der Waals surface area contributed by atoms with Gasteiger partial charge in [0.25, 0.3) is 5.56 Å². The highest BCUT2D eigenvalue weighted by Gasteiger charge is 2.24. The van der Waals surface area contributed by atoms with Crippen molar-refractivity contribution < 1.29 is 4.74 Å². The molecule has 0 radical (unpaired) electrons. The van der Waals surface area contributed by atoms with Crippen molar-refractivity contribution in [3.63, 3.8) is 0 Å². The molecule has 4 heterocycles. The molecule has 0 amide bonds. The van der Waals surface area contributed by atoms with Crippen LogP contribution < -0.4 is 11.2 Å². The number of hydrogen-bond acceptors (Lipinski definition) is 4. The summed E-state index contributed by atoms with van der Waals surface area (Å²) in [5.41, 5.74) is 2.06. The zero-order valence-corrected chi connectivity index (χ0v) is 18.0. The molecule has 5 aromatic rings. The fraction of sp³-hybridized carbons (Fsp3) is 0.292. The lowest BCUT2D eigenvalue weighted by Crippen LogP contribution is -2.37. The van der Waals surface area contributed by atoms with E-state index in [1.165, 1.54) is 17.0 Å². The third-order valence-electron chi connectivity index (χ3n) is 6.51. The van der Waals surface area contributed by atoms with Crippen LogP contribution in [-0.4, -0.2) is 35.8 Å². The van der Waals surface area contributed by atoms with E-state index in [0.717, 1.165) is 40.7 Å². The van der Waals surface area contributed by atoms with E-state index in [1.54, 1.807) is 7.05 Å². The largest absolute Gasteiger partial charge is 0.376 e. The van der Waals surface area contributed by atoms with Crippen molar-refractivity contribution in [3.05, 3.63) is 69.5 Å². The van der Waals surface area contributed by atoms with Crippen molar-refractivity contribution >= 4 is 27.7 Å². The lowest BCUT2D eigenvalue weighted by Gasteiger charge is -2.14. The van der Waals surface area contributed by atoms with Crippen LogP contribution in [0.25, 0.3) is 39.0 Å². The highest BCUT2D eigenvalue weighted by molar-refractivity contribution is 5.87. The van der Waals surface area contributed by atoms with Gasteiger partial charge in [-0.3, -0.25) is 18.3 Å². The maximum atomic E-state index is 13.0. The van der Waals surface area contributed by atoms with E-state index >= 15 is 0 Å². The molecule has 32 heavy (non-hydrogen) atoms. The number of imidazole rings is 2. The van der Waals surface area contributed by atoms with Crippen LogP contribution in [0.15, 0.2) is 58.3 Å². The Hall–Kier alpha value is -3.65. The van der Waals surface area contributed by atoms with Crippen molar-refractivity contribution in [2.45, 2.75) is 25.5 Å². The van der Waals surface area contributed by atoms with Gasteiger partial charge in [0.1, 0.15) is 0 Å². The molecule has 162 valence electrons.